The van der Waals surface area contributed by atoms with Gasteiger partial charge in [0.15, 0.2) is 6.29 Å². The monoisotopic (exact) mass is 334 g/mol. The van der Waals surface area contributed by atoms with Gasteiger partial charge in [0.25, 0.3) is 0 Å². The molecule has 1 aromatic carbocycles. The van der Waals surface area contributed by atoms with E-state index in [1.165, 1.54) is 5.56 Å². The Morgan fingerprint density at radius 1 is 1.12 bits per heavy atom. The molecule has 0 radical (unpaired) electrons. The Hall–Kier alpha value is -1.72. The quantitative estimate of drug-likeness (QED) is 0.639. The molecule has 1 aliphatic carbocycles. The highest BCUT2D eigenvalue weighted by molar-refractivity contribution is 5.23. The molecule has 1 atom stereocenters. The largest absolute Gasteiger partial charge is 0.400 e. The molecule has 0 bridgehead atoms. The molecule has 24 heavy (non-hydrogen) atoms. The van der Waals surface area contributed by atoms with Crippen LogP contribution in [0.2, 0.25) is 0 Å². The molecule has 0 heterocycles. The highest BCUT2D eigenvalue weighted by atomic mass is 16.7. The van der Waals surface area contributed by atoms with Crippen molar-refractivity contribution in [3.8, 4) is 0 Å². The number of methoxy groups -OCH3 is 3. The van der Waals surface area contributed by atoms with Gasteiger partial charge in [-0.3, -0.25) is 0 Å². The van der Waals surface area contributed by atoms with Gasteiger partial charge in [-0.25, -0.2) is 0 Å². The SMILES string of the molecule is C=CC1(OC)C=CC=CC1.CO.COC(Cc1ccccc1)OC. The van der Waals surface area contributed by atoms with Crippen molar-refractivity contribution in [3.63, 3.8) is 0 Å². The van der Waals surface area contributed by atoms with Crippen molar-refractivity contribution in [1.29, 1.82) is 0 Å². The maximum Gasteiger partial charge on any atom is 0.160 e. The van der Waals surface area contributed by atoms with Crippen LogP contribution in [0.15, 0.2) is 67.3 Å². The molecule has 4 heteroatoms. The van der Waals surface area contributed by atoms with Gasteiger partial charge in [0, 0.05) is 41.3 Å². The number of allylic oxidation sites excluding steroid dienone is 2. The summed E-state index contributed by atoms with van der Waals surface area (Å²) >= 11 is 0. The second-order valence-corrected chi connectivity index (χ2v) is 4.95. The van der Waals surface area contributed by atoms with Crippen LogP contribution in [0.25, 0.3) is 0 Å². The second kappa shape index (κ2) is 13.7. The Balaban J connectivity index is 0.000000405. The molecule has 4 nitrogen and oxygen atoms in total. The normalized spacial score (nSPS) is 18.2. The van der Waals surface area contributed by atoms with Crippen molar-refractivity contribution in [2.75, 3.05) is 28.4 Å². The number of aliphatic hydroxyl groups is 1. The summed E-state index contributed by atoms with van der Waals surface area (Å²) in [4.78, 5) is 0. The first kappa shape index (κ1) is 22.3. The van der Waals surface area contributed by atoms with Crippen LogP contribution in [0.1, 0.15) is 12.0 Å². The Labute approximate surface area is 146 Å². The predicted octanol–water partition coefficient (Wildman–Crippen LogP) is 3.53. The molecule has 1 N–H and O–H groups in total. The fourth-order valence-electron chi connectivity index (χ4n) is 2.07. The third-order valence-corrected chi connectivity index (χ3v) is 3.56. The van der Waals surface area contributed by atoms with Crippen LogP contribution < -0.4 is 0 Å². The molecule has 1 aromatic rings. The van der Waals surface area contributed by atoms with E-state index in [0.717, 1.165) is 20.0 Å². The highest BCUT2D eigenvalue weighted by Gasteiger charge is 2.21. The summed E-state index contributed by atoms with van der Waals surface area (Å²) in [5, 5.41) is 7.00. The number of aliphatic hydroxyl groups excluding tert-OH is 1. The minimum Gasteiger partial charge on any atom is -0.400 e. The average Bonchev–Trinajstić information content (AvgIpc) is 2.69. The zero-order valence-electron chi connectivity index (χ0n) is 15.1. The van der Waals surface area contributed by atoms with Crippen molar-refractivity contribution in [2.45, 2.75) is 24.7 Å². The number of hydrogen-bond donors (Lipinski definition) is 1. The van der Waals surface area contributed by atoms with Crippen molar-refractivity contribution in [2.24, 2.45) is 0 Å². The van der Waals surface area contributed by atoms with Crippen molar-refractivity contribution < 1.29 is 19.3 Å². The second-order valence-electron chi connectivity index (χ2n) is 4.95. The first-order valence-electron chi connectivity index (χ1n) is 7.77. The Morgan fingerprint density at radius 2 is 1.75 bits per heavy atom. The molecule has 0 fully saturated rings. The van der Waals surface area contributed by atoms with Crippen LogP contribution >= 0.6 is 0 Å². The minimum absolute atomic E-state index is 0.132. The maximum atomic E-state index is 7.00. The molecule has 0 saturated carbocycles. The van der Waals surface area contributed by atoms with E-state index in [4.69, 9.17) is 19.3 Å². The maximum absolute atomic E-state index is 7.00. The van der Waals surface area contributed by atoms with Crippen LogP contribution in [-0.2, 0) is 20.6 Å². The lowest BCUT2D eigenvalue weighted by Crippen LogP contribution is -2.25. The van der Waals surface area contributed by atoms with Gasteiger partial charge in [-0.2, -0.15) is 0 Å². The lowest BCUT2D eigenvalue weighted by atomic mass is 9.95. The van der Waals surface area contributed by atoms with Gasteiger partial charge >= 0.3 is 0 Å². The number of benzene rings is 1. The van der Waals surface area contributed by atoms with Crippen LogP contribution in [0.3, 0.4) is 0 Å². The topological polar surface area (TPSA) is 47.9 Å². The molecule has 0 amide bonds. The van der Waals surface area contributed by atoms with E-state index >= 15 is 0 Å². The van der Waals surface area contributed by atoms with Gasteiger partial charge in [-0.1, -0.05) is 61.2 Å². The van der Waals surface area contributed by atoms with Gasteiger partial charge in [0.1, 0.15) is 5.60 Å². The fraction of sp³-hybridized carbons (Fsp3) is 0.400. The van der Waals surface area contributed by atoms with E-state index < -0.39 is 0 Å². The predicted molar refractivity (Wildman–Crippen MR) is 98.9 cm³/mol. The van der Waals surface area contributed by atoms with Gasteiger partial charge in [0.2, 0.25) is 0 Å². The van der Waals surface area contributed by atoms with Crippen molar-refractivity contribution in [3.05, 3.63) is 72.9 Å². The van der Waals surface area contributed by atoms with E-state index in [-0.39, 0.29) is 11.9 Å². The third-order valence-electron chi connectivity index (χ3n) is 3.56. The molecule has 1 aliphatic rings. The van der Waals surface area contributed by atoms with Crippen LogP contribution in [0, 0.1) is 0 Å². The molecular formula is C20H30O4. The van der Waals surface area contributed by atoms with Crippen LogP contribution in [-0.4, -0.2) is 45.4 Å². The summed E-state index contributed by atoms with van der Waals surface area (Å²) in [7, 11) is 6.00. The Bertz CT molecular complexity index is 478. The molecule has 0 aromatic heterocycles. The first-order valence-corrected chi connectivity index (χ1v) is 7.77. The standard InChI is InChI=1S/C10H14O2.C9H12O.CH4O/c1-11-10(12-2)8-9-6-4-3-5-7-9;1-3-9(10-2)7-5-4-6-8-9;1-2/h3-7,10H,8H2,1-2H3;3-7H,1,8H2,2H3;2H,1H3. The zero-order chi connectivity index (χ0) is 18.3. The molecule has 0 saturated heterocycles. The summed E-state index contributed by atoms with van der Waals surface area (Å²) in [6.45, 7) is 3.72. The van der Waals surface area contributed by atoms with E-state index in [9.17, 15) is 0 Å². The molecule has 1 unspecified atom stereocenters. The highest BCUT2D eigenvalue weighted by Crippen LogP contribution is 2.22. The van der Waals surface area contributed by atoms with E-state index in [2.05, 4.69) is 24.8 Å². The Morgan fingerprint density at radius 3 is 2.12 bits per heavy atom. The van der Waals surface area contributed by atoms with E-state index in [0.29, 0.717) is 0 Å². The number of rotatable bonds is 6. The molecule has 134 valence electrons. The van der Waals surface area contributed by atoms with Gasteiger partial charge in [-0.05, 0) is 11.6 Å². The number of hydrogen-bond acceptors (Lipinski definition) is 4. The lowest BCUT2D eigenvalue weighted by molar-refractivity contribution is -0.100. The van der Waals surface area contributed by atoms with Crippen molar-refractivity contribution >= 4 is 0 Å². The lowest BCUT2D eigenvalue weighted by Gasteiger charge is -2.25. The smallest absolute Gasteiger partial charge is 0.160 e. The van der Waals surface area contributed by atoms with Gasteiger partial charge < -0.3 is 19.3 Å². The number of ether oxygens (including phenoxy) is 3. The van der Waals surface area contributed by atoms with Crippen LogP contribution in [0.5, 0.6) is 0 Å². The third kappa shape index (κ3) is 8.22. The summed E-state index contributed by atoms with van der Waals surface area (Å²) < 4.78 is 15.4. The summed E-state index contributed by atoms with van der Waals surface area (Å²) in [6.07, 6.45) is 11.5. The molecule has 2 rings (SSSR count). The molecule has 0 spiro atoms. The average molecular weight is 334 g/mol. The van der Waals surface area contributed by atoms with Gasteiger partial charge in [0.05, 0.1) is 0 Å². The summed E-state index contributed by atoms with van der Waals surface area (Å²) in [5.74, 6) is 0. The molecular weight excluding hydrogens is 304 g/mol. The summed E-state index contributed by atoms with van der Waals surface area (Å²) in [6, 6.07) is 10.1. The zero-order valence-corrected chi connectivity index (χ0v) is 15.1. The molecule has 0 aliphatic heterocycles. The fourth-order valence-corrected chi connectivity index (χ4v) is 2.07. The van der Waals surface area contributed by atoms with Crippen molar-refractivity contribution in [1.82, 2.24) is 0 Å². The van der Waals surface area contributed by atoms with E-state index in [1.807, 2.05) is 42.5 Å². The van der Waals surface area contributed by atoms with Gasteiger partial charge in [-0.15, -0.1) is 0 Å². The summed E-state index contributed by atoms with van der Waals surface area (Å²) in [5.41, 5.74) is 0.987. The first-order chi connectivity index (χ1) is 11.7. The van der Waals surface area contributed by atoms with Crippen LogP contribution in [0.4, 0.5) is 0 Å². The van der Waals surface area contributed by atoms with E-state index in [1.54, 1.807) is 21.3 Å². The minimum atomic E-state index is -0.241. The Kier molecular flexibility index (Phi) is 12.7.